The molecule has 98 valence electrons. The number of carbonyl (C=O) groups is 1. The molecule has 1 aliphatic carbocycles. The third-order valence-corrected chi connectivity index (χ3v) is 4.37. The summed E-state index contributed by atoms with van der Waals surface area (Å²) >= 11 is 0. The van der Waals surface area contributed by atoms with E-state index in [9.17, 15) is 4.79 Å². The molecule has 0 radical (unpaired) electrons. The molecule has 3 heteroatoms. The minimum absolute atomic E-state index is 0.364. The second-order valence-corrected chi connectivity index (χ2v) is 5.75. The van der Waals surface area contributed by atoms with Gasteiger partial charge in [0.15, 0.2) is 0 Å². The van der Waals surface area contributed by atoms with Gasteiger partial charge in [0.05, 0.1) is 0 Å². The Bertz CT molecular complexity index is 247. The molecule has 1 aliphatic heterocycles. The first-order valence-corrected chi connectivity index (χ1v) is 7.21. The molecule has 0 spiro atoms. The second-order valence-electron chi connectivity index (χ2n) is 5.75. The summed E-state index contributed by atoms with van der Waals surface area (Å²) in [5.74, 6) is -0.229. The average Bonchev–Trinajstić information content (AvgIpc) is 2.64. The van der Waals surface area contributed by atoms with E-state index in [1.165, 1.54) is 44.9 Å². The van der Waals surface area contributed by atoms with E-state index < -0.39 is 5.97 Å². The zero-order valence-corrected chi connectivity index (χ0v) is 10.7. The lowest BCUT2D eigenvalue weighted by atomic mass is 9.96. The Morgan fingerprint density at radius 1 is 1.06 bits per heavy atom. The zero-order valence-electron chi connectivity index (χ0n) is 10.7. The van der Waals surface area contributed by atoms with Gasteiger partial charge in [-0.25, -0.2) is 0 Å². The summed E-state index contributed by atoms with van der Waals surface area (Å²) in [6.45, 7) is 2.15. The fourth-order valence-corrected chi connectivity index (χ4v) is 3.41. The predicted molar refractivity (Wildman–Crippen MR) is 68.0 cm³/mol. The Labute approximate surface area is 104 Å². The van der Waals surface area contributed by atoms with Crippen molar-refractivity contribution in [3.05, 3.63) is 0 Å². The van der Waals surface area contributed by atoms with Gasteiger partial charge in [-0.2, -0.15) is 0 Å². The van der Waals surface area contributed by atoms with Crippen molar-refractivity contribution >= 4 is 5.97 Å². The van der Waals surface area contributed by atoms with E-state index in [0.29, 0.717) is 12.3 Å². The predicted octanol–water partition coefficient (Wildman–Crippen LogP) is 2.90. The van der Waals surface area contributed by atoms with Crippen molar-refractivity contribution in [3.8, 4) is 0 Å². The quantitative estimate of drug-likeness (QED) is 0.823. The fourth-order valence-electron chi connectivity index (χ4n) is 3.41. The van der Waals surface area contributed by atoms with E-state index in [4.69, 9.17) is 5.11 Å². The molecule has 17 heavy (non-hydrogen) atoms. The van der Waals surface area contributed by atoms with E-state index in [0.717, 1.165) is 25.6 Å². The van der Waals surface area contributed by atoms with Crippen molar-refractivity contribution in [2.24, 2.45) is 5.92 Å². The second kappa shape index (κ2) is 6.39. The van der Waals surface area contributed by atoms with Crippen molar-refractivity contribution in [3.63, 3.8) is 0 Å². The monoisotopic (exact) mass is 239 g/mol. The van der Waals surface area contributed by atoms with Crippen molar-refractivity contribution in [1.82, 2.24) is 4.90 Å². The number of nitrogens with zero attached hydrogens (tertiary/aromatic N) is 1. The van der Waals surface area contributed by atoms with E-state index >= 15 is 0 Å². The first kappa shape index (κ1) is 12.9. The van der Waals surface area contributed by atoms with Crippen LogP contribution in [0.4, 0.5) is 0 Å². The molecule has 0 aromatic carbocycles. The minimum atomic E-state index is -0.630. The first-order valence-electron chi connectivity index (χ1n) is 7.21. The van der Waals surface area contributed by atoms with Gasteiger partial charge in [0.1, 0.15) is 0 Å². The highest BCUT2D eigenvalue weighted by Gasteiger charge is 2.29. The van der Waals surface area contributed by atoms with Crippen LogP contribution in [0.1, 0.15) is 57.8 Å². The van der Waals surface area contributed by atoms with Crippen LogP contribution in [0.2, 0.25) is 0 Å². The van der Waals surface area contributed by atoms with Crippen LogP contribution in [0, 0.1) is 5.92 Å². The highest BCUT2D eigenvalue weighted by Crippen LogP contribution is 2.27. The average molecular weight is 239 g/mol. The molecule has 1 saturated heterocycles. The molecule has 1 N–H and O–H groups in total. The Balaban J connectivity index is 1.79. The molecule has 0 aromatic rings. The van der Waals surface area contributed by atoms with Gasteiger partial charge in [-0.1, -0.05) is 32.1 Å². The summed E-state index contributed by atoms with van der Waals surface area (Å²) in [7, 11) is 0. The number of hydrogen-bond acceptors (Lipinski definition) is 2. The van der Waals surface area contributed by atoms with Crippen molar-refractivity contribution in [1.29, 1.82) is 0 Å². The molecular weight excluding hydrogens is 214 g/mol. The molecule has 2 aliphatic rings. The maximum absolute atomic E-state index is 10.7. The van der Waals surface area contributed by atoms with Gasteiger partial charge in [-0.05, 0) is 31.7 Å². The molecule has 3 nitrogen and oxygen atoms in total. The summed E-state index contributed by atoms with van der Waals surface area (Å²) in [6, 6.07) is 0.745. The maximum atomic E-state index is 10.7. The van der Waals surface area contributed by atoms with Crippen LogP contribution >= 0.6 is 0 Å². The van der Waals surface area contributed by atoms with Gasteiger partial charge < -0.3 is 10.0 Å². The molecular formula is C14H25NO2. The SMILES string of the molecule is O=C(O)CC1CCN(C2CCCCCCC2)C1. The van der Waals surface area contributed by atoms with Crippen LogP contribution in [-0.2, 0) is 4.79 Å². The Morgan fingerprint density at radius 2 is 1.71 bits per heavy atom. The van der Waals surface area contributed by atoms with Crippen molar-refractivity contribution in [2.75, 3.05) is 13.1 Å². The van der Waals surface area contributed by atoms with E-state index in [2.05, 4.69) is 4.90 Å². The topological polar surface area (TPSA) is 40.5 Å². The molecule has 0 aromatic heterocycles. The number of aliphatic carboxylic acids is 1. The maximum Gasteiger partial charge on any atom is 0.303 e. The summed E-state index contributed by atoms with van der Waals surface area (Å²) in [5.41, 5.74) is 0. The molecule has 2 fully saturated rings. The highest BCUT2D eigenvalue weighted by molar-refractivity contribution is 5.67. The molecule has 2 rings (SSSR count). The van der Waals surface area contributed by atoms with E-state index in [1.54, 1.807) is 0 Å². The lowest BCUT2D eigenvalue weighted by Gasteiger charge is -2.29. The van der Waals surface area contributed by atoms with Crippen LogP contribution in [0.5, 0.6) is 0 Å². The van der Waals surface area contributed by atoms with Crippen LogP contribution < -0.4 is 0 Å². The van der Waals surface area contributed by atoms with Crippen LogP contribution in [-0.4, -0.2) is 35.1 Å². The Kier molecular flexibility index (Phi) is 4.84. The minimum Gasteiger partial charge on any atom is -0.481 e. The number of likely N-dealkylation sites (tertiary alicyclic amines) is 1. The van der Waals surface area contributed by atoms with Crippen LogP contribution in [0.15, 0.2) is 0 Å². The highest BCUT2D eigenvalue weighted by atomic mass is 16.4. The van der Waals surface area contributed by atoms with Gasteiger partial charge in [0, 0.05) is 19.0 Å². The molecule has 1 atom stereocenters. The van der Waals surface area contributed by atoms with Crippen molar-refractivity contribution < 1.29 is 9.90 Å². The smallest absolute Gasteiger partial charge is 0.303 e. The Hall–Kier alpha value is -0.570. The van der Waals surface area contributed by atoms with Crippen molar-refractivity contribution in [2.45, 2.75) is 63.8 Å². The summed E-state index contributed by atoms with van der Waals surface area (Å²) in [5, 5.41) is 8.83. The molecule has 1 heterocycles. The molecule has 0 bridgehead atoms. The lowest BCUT2D eigenvalue weighted by Crippen LogP contribution is -2.34. The zero-order chi connectivity index (χ0) is 12.1. The van der Waals surface area contributed by atoms with Gasteiger partial charge >= 0.3 is 5.97 Å². The first-order chi connectivity index (χ1) is 8.25. The summed E-state index contributed by atoms with van der Waals surface area (Å²) < 4.78 is 0. The third-order valence-electron chi connectivity index (χ3n) is 4.37. The van der Waals surface area contributed by atoms with Crippen LogP contribution in [0.25, 0.3) is 0 Å². The third kappa shape index (κ3) is 3.98. The Morgan fingerprint density at radius 3 is 2.35 bits per heavy atom. The molecule has 1 saturated carbocycles. The summed E-state index contributed by atoms with van der Waals surface area (Å²) in [6.07, 6.45) is 11.0. The van der Waals surface area contributed by atoms with Gasteiger partial charge in [-0.15, -0.1) is 0 Å². The van der Waals surface area contributed by atoms with E-state index in [1.807, 2.05) is 0 Å². The van der Waals surface area contributed by atoms with Crippen LogP contribution in [0.3, 0.4) is 0 Å². The summed E-state index contributed by atoms with van der Waals surface area (Å²) in [4.78, 5) is 13.3. The van der Waals surface area contributed by atoms with Gasteiger partial charge in [-0.3, -0.25) is 4.79 Å². The number of carboxylic acid groups (broad SMARTS) is 1. The van der Waals surface area contributed by atoms with E-state index in [-0.39, 0.29) is 0 Å². The molecule has 0 amide bonds. The normalized spacial score (nSPS) is 28.8. The lowest BCUT2D eigenvalue weighted by molar-refractivity contribution is -0.138. The number of rotatable bonds is 3. The number of carboxylic acids is 1. The standard InChI is InChI=1S/C14H25NO2/c16-14(17)10-12-8-9-15(11-12)13-6-4-2-1-3-5-7-13/h12-13H,1-11H2,(H,16,17). The van der Waals surface area contributed by atoms with Gasteiger partial charge in [0.2, 0.25) is 0 Å². The fraction of sp³-hybridized carbons (Fsp3) is 0.929. The largest absolute Gasteiger partial charge is 0.481 e. The molecule has 1 unspecified atom stereocenters. The van der Waals surface area contributed by atoms with Gasteiger partial charge in [0.25, 0.3) is 0 Å². The number of hydrogen-bond donors (Lipinski definition) is 1.